The van der Waals surface area contributed by atoms with Crippen molar-refractivity contribution in [2.45, 2.75) is 33.1 Å². The molecule has 0 aliphatic heterocycles. The molecule has 0 aliphatic rings. The summed E-state index contributed by atoms with van der Waals surface area (Å²) >= 11 is 0. The normalized spacial score (nSPS) is 10.7. The molecule has 3 heteroatoms. The summed E-state index contributed by atoms with van der Waals surface area (Å²) in [5.74, 6) is -1.83. The molecular formula is C18H20F2O. The molecule has 0 radical (unpaired) electrons. The van der Waals surface area contributed by atoms with Crippen molar-refractivity contribution in [3.8, 4) is 16.9 Å². The van der Waals surface area contributed by atoms with Gasteiger partial charge in [-0.05, 0) is 43.0 Å². The summed E-state index contributed by atoms with van der Waals surface area (Å²) in [4.78, 5) is 0. The van der Waals surface area contributed by atoms with Gasteiger partial charge in [-0.3, -0.25) is 0 Å². The predicted octanol–water partition coefficient (Wildman–Crippen LogP) is 5.37. The van der Waals surface area contributed by atoms with Gasteiger partial charge in [-0.2, -0.15) is 4.39 Å². The van der Waals surface area contributed by atoms with Gasteiger partial charge < -0.3 is 4.74 Å². The van der Waals surface area contributed by atoms with Crippen LogP contribution in [-0.4, -0.2) is 6.61 Å². The zero-order valence-electron chi connectivity index (χ0n) is 12.5. The smallest absolute Gasteiger partial charge is 0.201 e. The molecule has 112 valence electrons. The summed E-state index contributed by atoms with van der Waals surface area (Å²) in [5.41, 5.74) is 2.15. The number of hydrogen-bond donors (Lipinski definition) is 0. The molecule has 1 nitrogen and oxygen atoms in total. The molecule has 0 saturated carbocycles. The largest absolute Gasteiger partial charge is 0.491 e. The molecule has 0 aliphatic carbocycles. The van der Waals surface area contributed by atoms with Crippen molar-refractivity contribution in [1.82, 2.24) is 0 Å². The molecule has 0 spiro atoms. The Bertz CT molecular complexity index is 591. The van der Waals surface area contributed by atoms with Crippen LogP contribution in [0.15, 0.2) is 36.4 Å². The van der Waals surface area contributed by atoms with Crippen LogP contribution in [-0.2, 0) is 6.42 Å². The number of benzene rings is 2. The first kappa shape index (κ1) is 15.5. The molecule has 2 rings (SSSR count). The Morgan fingerprint density at radius 1 is 0.905 bits per heavy atom. The highest BCUT2D eigenvalue weighted by Crippen LogP contribution is 2.30. The van der Waals surface area contributed by atoms with Crippen LogP contribution in [0.25, 0.3) is 11.1 Å². The van der Waals surface area contributed by atoms with E-state index in [4.69, 9.17) is 4.74 Å². The van der Waals surface area contributed by atoms with Gasteiger partial charge in [0.05, 0.1) is 6.61 Å². The Balaban J connectivity index is 2.27. The van der Waals surface area contributed by atoms with Gasteiger partial charge in [0.2, 0.25) is 5.82 Å². The lowest BCUT2D eigenvalue weighted by Crippen LogP contribution is -1.98. The first-order chi connectivity index (χ1) is 10.2. The number of halogens is 2. The summed E-state index contributed by atoms with van der Waals surface area (Å²) in [6.07, 6.45) is 3.28. The summed E-state index contributed by atoms with van der Waals surface area (Å²) in [7, 11) is 0. The average molecular weight is 290 g/mol. The van der Waals surface area contributed by atoms with Gasteiger partial charge in [0.1, 0.15) is 0 Å². The topological polar surface area (TPSA) is 9.23 Å². The number of aryl methyl sites for hydroxylation is 1. The molecule has 0 fully saturated rings. The standard InChI is InChI=1S/C18H20F2O/c1-3-5-6-13-7-9-14(10-8-13)15-11-12-16(21-4-2)18(20)17(15)19/h7-12H,3-6H2,1-2H3. The van der Waals surface area contributed by atoms with Gasteiger partial charge in [0, 0.05) is 5.56 Å². The van der Waals surface area contributed by atoms with Crippen molar-refractivity contribution < 1.29 is 13.5 Å². The first-order valence-electron chi connectivity index (χ1n) is 7.37. The third-order valence-electron chi connectivity index (χ3n) is 3.43. The second kappa shape index (κ2) is 7.21. The highest BCUT2D eigenvalue weighted by molar-refractivity contribution is 5.65. The average Bonchev–Trinajstić information content (AvgIpc) is 2.51. The van der Waals surface area contributed by atoms with E-state index in [0.29, 0.717) is 12.2 Å². The van der Waals surface area contributed by atoms with Gasteiger partial charge in [0.25, 0.3) is 0 Å². The van der Waals surface area contributed by atoms with Crippen LogP contribution < -0.4 is 4.74 Å². The lowest BCUT2D eigenvalue weighted by atomic mass is 10.0. The van der Waals surface area contributed by atoms with Crippen LogP contribution >= 0.6 is 0 Å². The predicted molar refractivity (Wildman–Crippen MR) is 81.6 cm³/mol. The van der Waals surface area contributed by atoms with E-state index >= 15 is 0 Å². The Labute approximate surface area is 124 Å². The van der Waals surface area contributed by atoms with Crippen LogP contribution in [0.1, 0.15) is 32.3 Å². The molecule has 2 aromatic rings. The van der Waals surface area contributed by atoms with Crippen molar-refractivity contribution in [2.75, 3.05) is 6.61 Å². The minimum atomic E-state index is -0.926. The third-order valence-corrected chi connectivity index (χ3v) is 3.43. The van der Waals surface area contributed by atoms with E-state index in [9.17, 15) is 8.78 Å². The monoisotopic (exact) mass is 290 g/mol. The fourth-order valence-electron chi connectivity index (χ4n) is 2.25. The van der Waals surface area contributed by atoms with Crippen LogP contribution in [0.5, 0.6) is 5.75 Å². The lowest BCUT2D eigenvalue weighted by molar-refractivity contribution is 0.314. The van der Waals surface area contributed by atoms with Gasteiger partial charge in [-0.15, -0.1) is 0 Å². The van der Waals surface area contributed by atoms with E-state index in [0.717, 1.165) is 19.3 Å². The van der Waals surface area contributed by atoms with E-state index in [1.165, 1.54) is 11.6 Å². The quantitative estimate of drug-likeness (QED) is 0.694. The minimum absolute atomic E-state index is 0.0432. The van der Waals surface area contributed by atoms with Crippen molar-refractivity contribution in [1.29, 1.82) is 0 Å². The fourth-order valence-corrected chi connectivity index (χ4v) is 2.25. The molecule has 0 atom stereocenters. The summed E-state index contributed by atoms with van der Waals surface area (Å²) in [5, 5.41) is 0. The maximum atomic E-state index is 14.1. The van der Waals surface area contributed by atoms with E-state index in [2.05, 4.69) is 6.92 Å². The van der Waals surface area contributed by atoms with Crippen LogP contribution in [0.2, 0.25) is 0 Å². The van der Waals surface area contributed by atoms with Crippen LogP contribution in [0, 0.1) is 11.6 Å². The second-order valence-electron chi connectivity index (χ2n) is 4.97. The molecule has 0 bridgehead atoms. The summed E-state index contributed by atoms with van der Waals surface area (Å²) < 4.78 is 33.1. The molecular weight excluding hydrogens is 270 g/mol. The Hall–Kier alpha value is -1.90. The Morgan fingerprint density at radius 3 is 2.24 bits per heavy atom. The summed E-state index contributed by atoms with van der Waals surface area (Å²) in [6, 6.07) is 10.6. The first-order valence-corrected chi connectivity index (χ1v) is 7.37. The second-order valence-corrected chi connectivity index (χ2v) is 4.97. The molecule has 0 aromatic heterocycles. The Kier molecular flexibility index (Phi) is 5.32. The van der Waals surface area contributed by atoms with Gasteiger partial charge in [-0.1, -0.05) is 37.6 Å². The van der Waals surface area contributed by atoms with Crippen molar-refractivity contribution in [3.63, 3.8) is 0 Å². The number of hydrogen-bond acceptors (Lipinski definition) is 1. The van der Waals surface area contributed by atoms with Crippen molar-refractivity contribution in [3.05, 3.63) is 53.6 Å². The molecule has 0 saturated heterocycles. The molecule has 0 N–H and O–H groups in total. The summed E-state index contributed by atoms with van der Waals surface area (Å²) in [6.45, 7) is 4.19. The van der Waals surface area contributed by atoms with Crippen molar-refractivity contribution >= 4 is 0 Å². The molecule has 2 aromatic carbocycles. The highest BCUT2D eigenvalue weighted by Gasteiger charge is 2.15. The van der Waals surface area contributed by atoms with Gasteiger partial charge in [0.15, 0.2) is 11.6 Å². The zero-order valence-corrected chi connectivity index (χ0v) is 12.5. The molecule has 0 unspecified atom stereocenters. The molecule has 21 heavy (non-hydrogen) atoms. The number of unbranched alkanes of at least 4 members (excludes halogenated alkanes) is 1. The van der Waals surface area contributed by atoms with Gasteiger partial charge in [-0.25, -0.2) is 4.39 Å². The molecule has 0 heterocycles. The number of ether oxygens (including phenoxy) is 1. The minimum Gasteiger partial charge on any atom is -0.491 e. The van der Waals surface area contributed by atoms with E-state index < -0.39 is 11.6 Å². The third kappa shape index (κ3) is 3.60. The highest BCUT2D eigenvalue weighted by atomic mass is 19.2. The van der Waals surface area contributed by atoms with Crippen LogP contribution in [0.4, 0.5) is 8.78 Å². The Morgan fingerprint density at radius 2 is 1.62 bits per heavy atom. The lowest BCUT2D eigenvalue weighted by Gasteiger charge is -2.09. The maximum Gasteiger partial charge on any atom is 0.201 e. The SMILES string of the molecule is CCCCc1ccc(-c2ccc(OCC)c(F)c2F)cc1. The van der Waals surface area contributed by atoms with E-state index in [1.807, 2.05) is 24.3 Å². The molecule has 0 amide bonds. The van der Waals surface area contributed by atoms with E-state index in [-0.39, 0.29) is 11.3 Å². The van der Waals surface area contributed by atoms with Crippen LogP contribution in [0.3, 0.4) is 0 Å². The van der Waals surface area contributed by atoms with E-state index in [1.54, 1.807) is 13.0 Å². The number of rotatable bonds is 6. The maximum absolute atomic E-state index is 14.1. The van der Waals surface area contributed by atoms with Crippen molar-refractivity contribution in [2.24, 2.45) is 0 Å². The fraction of sp³-hybridized carbons (Fsp3) is 0.333. The van der Waals surface area contributed by atoms with Gasteiger partial charge >= 0.3 is 0 Å². The zero-order chi connectivity index (χ0) is 15.2.